The molecule has 2 aromatic rings. The first-order valence-electron chi connectivity index (χ1n) is 8.34. The summed E-state index contributed by atoms with van der Waals surface area (Å²) in [5.74, 6) is 1.23. The second kappa shape index (κ2) is 12.7. The van der Waals surface area contributed by atoms with E-state index in [1.54, 1.807) is 32.4 Å². The van der Waals surface area contributed by atoms with Crippen molar-refractivity contribution in [1.29, 1.82) is 0 Å². The smallest absolute Gasteiger partial charge is 0.251 e. The summed E-state index contributed by atoms with van der Waals surface area (Å²) in [6.45, 7) is 1.51. The number of nitrogens with one attached hydrogen (secondary N) is 3. The van der Waals surface area contributed by atoms with Gasteiger partial charge >= 0.3 is 0 Å². The summed E-state index contributed by atoms with van der Waals surface area (Å²) in [4.78, 5) is 16.3. The topological polar surface area (TPSA) is 74.8 Å². The van der Waals surface area contributed by atoms with Crippen molar-refractivity contribution in [3.63, 3.8) is 0 Å². The molecule has 0 aliphatic carbocycles. The molecule has 2 aromatic carbocycles. The molecule has 0 spiro atoms. The minimum atomic E-state index is -0.215. The highest BCUT2D eigenvalue weighted by Crippen LogP contribution is 2.22. The number of ether oxygens (including phenoxy) is 1. The fraction of sp³-hybridized carbons (Fsp3) is 0.263. The maximum atomic E-state index is 12.1. The van der Waals surface area contributed by atoms with E-state index in [2.05, 4.69) is 20.9 Å². The Kier molecular flexibility index (Phi) is 11.0. The van der Waals surface area contributed by atoms with Crippen LogP contribution in [0.2, 0.25) is 10.0 Å². The second-order valence-corrected chi connectivity index (χ2v) is 6.36. The summed E-state index contributed by atoms with van der Waals surface area (Å²) < 4.78 is 5.33. The first kappa shape index (κ1) is 24.3. The lowest BCUT2D eigenvalue weighted by Crippen LogP contribution is -2.41. The summed E-state index contributed by atoms with van der Waals surface area (Å²) in [7, 11) is 3.33. The molecule has 0 saturated heterocycles. The Balaban J connectivity index is 0.00000392. The van der Waals surface area contributed by atoms with Crippen molar-refractivity contribution in [3.05, 3.63) is 63.6 Å². The molecule has 0 aliphatic rings. The molecule has 0 bridgehead atoms. The van der Waals surface area contributed by atoms with Gasteiger partial charge in [-0.3, -0.25) is 9.79 Å². The van der Waals surface area contributed by atoms with Gasteiger partial charge in [-0.05, 0) is 24.3 Å². The van der Waals surface area contributed by atoms with E-state index in [9.17, 15) is 4.79 Å². The zero-order valence-corrected chi connectivity index (χ0v) is 19.4. The molecule has 152 valence electrons. The molecule has 2 rings (SSSR count). The van der Waals surface area contributed by atoms with Gasteiger partial charge in [-0.25, -0.2) is 0 Å². The lowest BCUT2D eigenvalue weighted by Gasteiger charge is -2.14. The van der Waals surface area contributed by atoms with Gasteiger partial charge in [0.05, 0.1) is 17.2 Å². The van der Waals surface area contributed by atoms with Crippen LogP contribution in [-0.2, 0) is 6.54 Å². The van der Waals surface area contributed by atoms with Crippen LogP contribution in [0.4, 0.5) is 0 Å². The van der Waals surface area contributed by atoms with Crippen LogP contribution in [-0.4, -0.2) is 39.1 Å². The number of hydrogen-bond donors (Lipinski definition) is 3. The number of aliphatic imine (C=N–C) groups is 1. The largest absolute Gasteiger partial charge is 0.496 e. The number of benzene rings is 2. The van der Waals surface area contributed by atoms with Crippen LogP contribution in [0.1, 0.15) is 15.9 Å². The summed E-state index contributed by atoms with van der Waals surface area (Å²) in [6.07, 6.45) is 0. The van der Waals surface area contributed by atoms with Crippen molar-refractivity contribution in [2.75, 3.05) is 27.2 Å². The molecule has 0 radical (unpaired) electrons. The number of carbonyl (C=O) groups is 1. The van der Waals surface area contributed by atoms with Crippen LogP contribution in [0.25, 0.3) is 0 Å². The minimum Gasteiger partial charge on any atom is -0.496 e. The van der Waals surface area contributed by atoms with Gasteiger partial charge in [-0.15, -0.1) is 24.0 Å². The number of hydrogen-bond acceptors (Lipinski definition) is 3. The fourth-order valence-corrected chi connectivity index (χ4v) is 2.64. The van der Waals surface area contributed by atoms with Gasteiger partial charge in [0.25, 0.3) is 5.91 Å². The maximum absolute atomic E-state index is 12.1. The third kappa shape index (κ3) is 7.37. The highest BCUT2D eigenvalue weighted by molar-refractivity contribution is 14.0. The van der Waals surface area contributed by atoms with Gasteiger partial charge in [-0.1, -0.05) is 41.4 Å². The molecule has 28 heavy (non-hydrogen) atoms. The zero-order chi connectivity index (χ0) is 19.6. The second-order valence-electron chi connectivity index (χ2n) is 5.55. The van der Waals surface area contributed by atoms with Gasteiger partial charge in [0.2, 0.25) is 0 Å². The molecule has 0 fully saturated rings. The van der Waals surface area contributed by atoms with Gasteiger partial charge in [-0.2, -0.15) is 0 Å². The van der Waals surface area contributed by atoms with E-state index in [1.165, 1.54) is 0 Å². The predicted molar refractivity (Wildman–Crippen MR) is 125 cm³/mol. The van der Waals surface area contributed by atoms with Gasteiger partial charge in [0.15, 0.2) is 5.96 Å². The monoisotopic (exact) mass is 536 g/mol. The van der Waals surface area contributed by atoms with E-state index in [0.717, 1.165) is 11.3 Å². The first-order valence-corrected chi connectivity index (χ1v) is 9.10. The number of amides is 1. The number of halogens is 3. The molecule has 0 saturated carbocycles. The van der Waals surface area contributed by atoms with Crippen LogP contribution in [0.5, 0.6) is 5.75 Å². The lowest BCUT2D eigenvalue weighted by molar-refractivity contribution is 0.0954. The molecule has 3 N–H and O–H groups in total. The average Bonchev–Trinajstić information content (AvgIpc) is 2.69. The van der Waals surface area contributed by atoms with Crippen molar-refractivity contribution >= 4 is 59.0 Å². The van der Waals surface area contributed by atoms with Gasteiger partial charge in [0, 0.05) is 37.8 Å². The number of methoxy groups -OCH3 is 1. The molecular formula is C19H23Cl2IN4O2. The van der Waals surface area contributed by atoms with E-state index in [-0.39, 0.29) is 29.9 Å². The summed E-state index contributed by atoms with van der Waals surface area (Å²) in [5.41, 5.74) is 1.49. The maximum Gasteiger partial charge on any atom is 0.251 e. The number of rotatable bonds is 7. The Labute approximate surface area is 192 Å². The molecule has 9 heteroatoms. The Hall–Kier alpha value is -1.71. The number of carbonyl (C=O) groups excluding carboxylic acids is 1. The van der Waals surface area contributed by atoms with Crippen molar-refractivity contribution in [2.24, 2.45) is 4.99 Å². The van der Waals surface area contributed by atoms with Crippen LogP contribution < -0.4 is 20.7 Å². The number of guanidine groups is 1. The van der Waals surface area contributed by atoms with E-state index >= 15 is 0 Å². The van der Waals surface area contributed by atoms with Gasteiger partial charge < -0.3 is 20.7 Å². The number of nitrogens with zero attached hydrogens (tertiary/aromatic N) is 1. The summed E-state index contributed by atoms with van der Waals surface area (Å²) in [5, 5.41) is 9.93. The summed E-state index contributed by atoms with van der Waals surface area (Å²) in [6, 6.07) is 12.5. The molecule has 0 unspecified atom stereocenters. The molecule has 6 nitrogen and oxygen atoms in total. The minimum absolute atomic E-state index is 0. The van der Waals surface area contributed by atoms with Crippen molar-refractivity contribution in [1.82, 2.24) is 16.0 Å². The fourth-order valence-electron chi connectivity index (χ4n) is 2.34. The Bertz CT molecular complexity index is 818. The Morgan fingerprint density at radius 2 is 1.75 bits per heavy atom. The van der Waals surface area contributed by atoms with E-state index in [1.807, 2.05) is 24.3 Å². The highest BCUT2D eigenvalue weighted by atomic mass is 127. The SMILES string of the molecule is CN=C(NCCNC(=O)c1ccc(Cl)c(Cl)c1)NCc1ccccc1OC.I. The van der Waals surface area contributed by atoms with E-state index in [4.69, 9.17) is 27.9 Å². The lowest BCUT2D eigenvalue weighted by atomic mass is 10.2. The van der Waals surface area contributed by atoms with Crippen LogP contribution in [0.3, 0.4) is 0 Å². The van der Waals surface area contributed by atoms with Crippen LogP contribution in [0, 0.1) is 0 Å². The molecule has 0 heterocycles. The number of para-hydroxylation sites is 1. The highest BCUT2D eigenvalue weighted by Gasteiger charge is 2.08. The van der Waals surface area contributed by atoms with Crippen molar-refractivity contribution < 1.29 is 9.53 Å². The molecule has 0 aromatic heterocycles. The van der Waals surface area contributed by atoms with E-state index < -0.39 is 0 Å². The van der Waals surface area contributed by atoms with Crippen LogP contribution in [0.15, 0.2) is 47.5 Å². The molecule has 0 aliphatic heterocycles. The molecule has 0 atom stereocenters. The normalized spacial score (nSPS) is 10.6. The third-order valence-corrected chi connectivity index (χ3v) is 4.49. The van der Waals surface area contributed by atoms with Crippen molar-refractivity contribution in [3.8, 4) is 5.75 Å². The van der Waals surface area contributed by atoms with Gasteiger partial charge in [0.1, 0.15) is 5.75 Å². The third-order valence-electron chi connectivity index (χ3n) is 3.75. The van der Waals surface area contributed by atoms with E-state index in [0.29, 0.717) is 41.2 Å². The van der Waals surface area contributed by atoms with Crippen LogP contribution >= 0.6 is 47.2 Å². The Morgan fingerprint density at radius 1 is 1.04 bits per heavy atom. The van der Waals surface area contributed by atoms with Crippen molar-refractivity contribution in [2.45, 2.75) is 6.54 Å². The summed E-state index contributed by atoms with van der Waals surface area (Å²) >= 11 is 11.8. The zero-order valence-electron chi connectivity index (χ0n) is 15.6. The standard InChI is InChI=1S/C19H22Cl2N4O2.HI/c1-22-19(25-12-14-5-3-4-6-17(14)27-2)24-10-9-23-18(26)13-7-8-15(20)16(21)11-13;/h3-8,11H,9-10,12H2,1-2H3,(H,23,26)(H2,22,24,25);1H. The predicted octanol–water partition coefficient (Wildman–Crippen LogP) is 3.72. The molecular weight excluding hydrogens is 514 g/mol. The first-order chi connectivity index (χ1) is 13.0. The molecule has 1 amide bonds. The Morgan fingerprint density at radius 3 is 2.43 bits per heavy atom. The quantitative estimate of drug-likeness (QED) is 0.218. The average molecular weight is 537 g/mol.